The predicted octanol–water partition coefficient (Wildman–Crippen LogP) is 3.85. The largest absolute Gasteiger partial charge is 0.506 e. The number of aromatic hydroxyl groups is 1. The lowest BCUT2D eigenvalue weighted by Gasteiger charge is -2.01. The van der Waals surface area contributed by atoms with Crippen LogP contribution in [-0.2, 0) is 0 Å². The van der Waals surface area contributed by atoms with Gasteiger partial charge in [0, 0.05) is 10.4 Å². The SMILES string of the molecule is Cc1cc2cc(C(F)F)cc(O)c2s1. The van der Waals surface area contributed by atoms with Crippen LogP contribution in [0.25, 0.3) is 10.1 Å². The van der Waals surface area contributed by atoms with Gasteiger partial charge in [-0.25, -0.2) is 8.78 Å². The molecule has 0 amide bonds. The van der Waals surface area contributed by atoms with Crippen LogP contribution < -0.4 is 0 Å². The maximum Gasteiger partial charge on any atom is 0.264 e. The molecule has 0 unspecified atom stereocenters. The molecule has 2 aromatic rings. The van der Waals surface area contributed by atoms with E-state index < -0.39 is 6.43 Å². The Hall–Kier alpha value is -1.16. The topological polar surface area (TPSA) is 20.2 Å². The summed E-state index contributed by atoms with van der Waals surface area (Å²) in [4.78, 5) is 1.00. The summed E-state index contributed by atoms with van der Waals surface area (Å²) in [5.41, 5.74) is -0.132. The van der Waals surface area contributed by atoms with E-state index >= 15 is 0 Å². The molecule has 0 spiro atoms. The van der Waals surface area contributed by atoms with Crippen molar-refractivity contribution in [2.24, 2.45) is 0 Å². The highest BCUT2D eigenvalue weighted by molar-refractivity contribution is 7.19. The molecule has 0 bridgehead atoms. The number of alkyl halides is 2. The van der Waals surface area contributed by atoms with Crippen molar-refractivity contribution < 1.29 is 13.9 Å². The summed E-state index contributed by atoms with van der Waals surface area (Å²) < 4.78 is 25.4. The van der Waals surface area contributed by atoms with Crippen LogP contribution in [0.15, 0.2) is 18.2 Å². The Bertz CT molecular complexity index is 476. The van der Waals surface area contributed by atoms with Gasteiger partial charge in [-0.3, -0.25) is 0 Å². The zero-order valence-corrected chi connectivity index (χ0v) is 8.24. The summed E-state index contributed by atoms with van der Waals surface area (Å²) in [7, 11) is 0. The fourth-order valence-electron chi connectivity index (χ4n) is 1.41. The Morgan fingerprint density at radius 2 is 2.00 bits per heavy atom. The molecule has 1 nitrogen and oxygen atoms in total. The fraction of sp³-hybridized carbons (Fsp3) is 0.200. The van der Waals surface area contributed by atoms with E-state index in [1.54, 1.807) is 6.07 Å². The van der Waals surface area contributed by atoms with Crippen LogP contribution in [-0.4, -0.2) is 5.11 Å². The summed E-state index contributed by atoms with van der Waals surface area (Å²) in [6.45, 7) is 1.88. The number of fused-ring (bicyclic) bond motifs is 1. The van der Waals surface area contributed by atoms with Crippen LogP contribution in [0.4, 0.5) is 8.78 Å². The lowest BCUT2D eigenvalue weighted by Crippen LogP contribution is -1.82. The second-order valence-corrected chi connectivity index (χ2v) is 4.37. The second-order valence-electron chi connectivity index (χ2n) is 3.12. The third-order valence-corrected chi connectivity index (χ3v) is 3.08. The van der Waals surface area contributed by atoms with Crippen LogP contribution in [0.3, 0.4) is 0 Å². The van der Waals surface area contributed by atoms with Gasteiger partial charge in [0.15, 0.2) is 0 Å². The number of phenols is 1. The maximum absolute atomic E-state index is 12.4. The van der Waals surface area contributed by atoms with Crippen LogP contribution in [0.5, 0.6) is 5.75 Å². The first-order chi connectivity index (χ1) is 6.58. The Kier molecular flexibility index (Phi) is 2.15. The van der Waals surface area contributed by atoms with E-state index in [1.807, 2.05) is 6.92 Å². The molecule has 1 aromatic heterocycles. The molecule has 0 aliphatic heterocycles. The summed E-state index contributed by atoms with van der Waals surface area (Å²) >= 11 is 1.40. The van der Waals surface area contributed by atoms with Crippen molar-refractivity contribution in [3.05, 3.63) is 28.6 Å². The molecule has 0 saturated carbocycles. The number of phenolic OH excluding ortho intramolecular Hbond substituents is 1. The Balaban J connectivity index is 2.71. The van der Waals surface area contributed by atoms with Crippen molar-refractivity contribution in [3.8, 4) is 5.75 Å². The van der Waals surface area contributed by atoms with Gasteiger partial charge in [0.1, 0.15) is 5.75 Å². The van der Waals surface area contributed by atoms with E-state index in [-0.39, 0.29) is 11.3 Å². The zero-order chi connectivity index (χ0) is 10.3. The van der Waals surface area contributed by atoms with Crippen molar-refractivity contribution in [1.29, 1.82) is 0 Å². The number of rotatable bonds is 1. The number of hydrogen-bond acceptors (Lipinski definition) is 2. The highest BCUT2D eigenvalue weighted by Gasteiger charge is 2.12. The van der Waals surface area contributed by atoms with E-state index in [9.17, 15) is 13.9 Å². The smallest absolute Gasteiger partial charge is 0.264 e. The third kappa shape index (κ3) is 1.46. The number of thiophene rings is 1. The average Bonchev–Trinajstić information content (AvgIpc) is 2.45. The predicted molar refractivity (Wildman–Crippen MR) is 53.2 cm³/mol. The molecule has 4 heteroatoms. The lowest BCUT2D eigenvalue weighted by molar-refractivity contribution is 0.151. The van der Waals surface area contributed by atoms with E-state index in [0.29, 0.717) is 10.1 Å². The zero-order valence-electron chi connectivity index (χ0n) is 7.42. The van der Waals surface area contributed by atoms with Gasteiger partial charge in [-0.1, -0.05) is 0 Å². The molecular formula is C10H8F2OS. The van der Waals surface area contributed by atoms with Crippen molar-refractivity contribution in [3.63, 3.8) is 0 Å². The molecule has 2 rings (SSSR count). The first-order valence-corrected chi connectivity index (χ1v) is 4.91. The van der Waals surface area contributed by atoms with Crippen LogP contribution >= 0.6 is 11.3 Å². The van der Waals surface area contributed by atoms with E-state index in [0.717, 1.165) is 10.9 Å². The standard InChI is InChI=1S/C10H8F2OS/c1-5-2-6-3-7(10(11)12)4-8(13)9(6)14-5/h2-4,10,13H,1H3. The van der Waals surface area contributed by atoms with Crippen molar-refractivity contribution >= 4 is 21.4 Å². The monoisotopic (exact) mass is 214 g/mol. The van der Waals surface area contributed by atoms with Gasteiger partial charge in [0.05, 0.1) is 4.70 Å². The van der Waals surface area contributed by atoms with E-state index in [4.69, 9.17) is 0 Å². The molecule has 0 aliphatic carbocycles. The molecule has 1 N–H and O–H groups in total. The normalized spacial score (nSPS) is 11.4. The molecular weight excluding hydrogens is 206 g/mol. The van der Waals surface area contributed by atoms with E-state index in [1.165, 1.54) is 17.4 Å². The number of halogens is 2. The molecule has 14 heavy (non-hydrogen) atoms. The Labute approximate surface area is 83.6 Å². The van der Waals surface area contributed by atoms with Crippen molar-refractivity contribution in [2.45, 2.75) is 13.3 Å². The lowest BCUT2D eigenvalue weighted by atomic mass is 10.1. The fourth-order valence-corrected chi connectivity index (χ4v) is 2.32. The molecule has 0 aliphatic rings. The van der Waals surface area contributed by atoms with Gasteiger partial charge < -0.3 is 5.11 Å². The summed E-state index contributed by atoms with van der Waals surface area (Å²) in [6.07, 6.45) is -2.54. The van der Waals surface area contributed by atoms with Gasteiger partial charge in [0.2, 0.25) is 0 Å². The van der Waals surface area contributed by atoms with Gasteiger partial charge >= 0.3 is 0 Å². The quantitative estimate of drug-likeness (QED) is 0.764. The van der Waals surface area contributed by atoms with Crippen molar-refractivity contribution in [2.75, 3.05) is 0 Å². The van der Waals surface area contributed by atoms with Crippen LogP contribution in [0.1, 0.15) is 16.9 Å². The van der Waals surface area contributed by atoms with Crippen molar-refractivity contribution in [1.82, 2.24) is 0 Å². The molecule has 74 valence electrons. The second kappa shape index (κ2) is 3.20. The maximum atomic E-state index is 12.4. The van der Waals surface area contributed by atoms with Gasteiger partial charge in [-0.2, -0.15) is 0 Å². The van der Waals surface area contributed by atoms with E-state index in [2.05, 4.69) is 0 Å². The number of aryl methyl sites for hydroxylation is 1. The summed E-state index contributed by atoms with van der Waals surface area (Å²) in [6, 6.07) is 4.34. The molecule has 1 heterocycles. The highest BCUT2D eigenvalue weighted by atomic mass is 32.1. The molecule has 0 fully saturated rings. The molecule has 1 aromatic carbocycles. The van der Waals surface area contributed by atoms with Gasteiger partial charge in [-0.05, 0) is 30.5 Å². The summed E-state index contributed by atoms with van der Waals surface area (Å²) in [5.74, 6) is -0.0594. The Morgan fingerprint density at radius 1 is 1.29 bits per heavy atom. The van der Waals surface area contributed by atoms with Crippen LogP contribution in [0, 0.1) is 6.92 Å². The summed E-state index contributed by atoms with van der Waals surface area (Å²) in [5, 5.41) is 10.2. The number of benzene rings is 1. The molecule has 0 radical (unpaired) electrons. The molecule has 0 atom stereocenters. The Morgan fingerprint density at radius 3 is 2.64 bits per heavy atom. The average molecular weight is 214 g/mol. The number of hydrogen-bond donors (Lipinski definition) is 1. The highest BCUT2D eigenvalue weighted by Crippen LogP contribution is 2.36. The minimum Gasteiger partial charge on any atom is -0.506 e. The molecule has 0 saturated heterocycles. The van der Waals surface area contributed by atoms with Crippen LogP contribution in [0.2, 0.25) is 0 Å². The van der Waals surface area contributed by atoms with Gasteiger partial charge in [-0.15, -0.1) is 11.3 Å². The minimum atomic E-state index is -2.54. The first kappa shape index (κ1) is 9.40. The third-order valence-electron chi connectivity index (χ3n) is 1.99. The van der Waals surface area contributed by atoms with Gasteiger partial charge in [0.25, 0.3) is 6.43 Å². The minimum absolute atomic E-state index is 0.0594. The first-order valence-electron chi connectivity index (χ1n) is 4.09.